The van der Waals surface area contributed by atoms with Crippen LogP contribution in [0.2, 0.25) is 0 Å². The third-order valence-corrected chi connectivity index (χ3v) is 6.93. The van der Waals surface area contributed by atoms with Gasteiger partial charge in [-0.3, -0.25) is 14.8 Å². The van der Waals surface area contributed by atoms with Gasteiger partial charge in [0.05, 0.1) is 17.4 Å². The first-order valence-electron chi connectivity index (χ1n) is 13.0. The number of nitrogens with one attached hydrogen (secondary N) is 3. The molecule has 9 nitrogen and oxygen atoms in total. The number of carbonyl (C=O) groups excluding carboxylic acids is 1. The highest BCUT2D eigenvalue weighted by Crippen LogP contribution is 2.21. The lowest BCUT2D eigenvalue weighted by Crippen LogP contribution is -2.31. The van der Waals surface area contributed by atoms with E-state index in [1.807, 2.05) is 13.0 Å². The molecule has 0 radical (unpaired) electrons. The topological polar surface area (TPSA) is 102 Å². The molecule has 1 aliphatic rings. The maximum absolute atomic E-state index is 14.9. The molecule has 3 N–H and O–H groups in total. The van der Waals surface area contributed by atoms with Crippen LogP contribution in [0.3, 0.4) is 0 Å². The number of likely N-dealkylation sites (N-methyl/N-ethyl adjacent to an activating group) is 1. The molecule has 1 amide bonds. The molecule has 3 heterocycles. The summed E-state index contributed by atoms with van der Waals surface area (Å²) in [6, 6.07) is 10.7. The van der Waals surface area contributed by atoms with Crippen molar-refractivity contribution < 1.29 is 9.18 Å². The number of amides is 1. The molecule has 2 aromatic carbocycles. The molecule has 5 rings (SSSR count). The van der Waals surface area contributed by atoms with Crippen LogP contribution in [0.4, 0.5) is 21.7 Å². The molecule has 1 atom stereocenters. The minimum atomic E-state index is -0.332. The van der Waals surface area contributed by atoms with Gasteiger partial charge in [0.1, 0.15) is 5.82 Å². The largest absolute Gasteiger partial charge is 0.322 e. The summed E-state index contributed by atoms with van der Waals surface area (Å²) in [5.74, 6) is 5.92. The van der Waals surface area contributed by atoms with Gasteiger partial charge in [0.25, 0.3) is 5.91 Å². The first-order chi connectivity index (χ1) is 19.3. The van der Waals surface area contributed by atoms with E-state index in [1.54, 1.807) is 49.1 Å². The zero-order valence-electron chi connectivity index (χ0n) is 22.7. The van der Waals surface area contributed by atoms with E-state index >= 15 is 0 Å². The Kier molecular flexibility index (Phi) is 8.15. The number of halogens is 1. The Morgan fingerprint density at radius 1 is 1.12 bits per heavy atom. The Morgan fingerprint density at radius 3 is 2.65 bits per heavy atom. The Hall–Kier alpha value is -4.59. The van der Waals surface area contributed by atoms with E-state index in [0.29, 0.717) is 46.5 Å². The summed E-state index contributed by atoms with van der Waals surface area (Å²) in [7, 11) is 4.15. The van der Waals surface area contributed by atoms with Crippen molar-refractivity contribution in [3.63, 3.8) is 0 Å². The van der Waals surface area contributed by atoms with Gasteiger partial charge >= 0.3 is 0 Å². The molecular weight excluding hydrogens is 507 g/mol. The summed E-state index contributed by atoms with van der Waals surface area (Å²) in [4.78, 5) is 26.0. The molecule has 0 spiro atoms. The fourth-order valence-electron chi connectivity index (χ4n) is 4.52. The second kappa shape index (κ2) is 12.1. The van der Waals surface area contributed by atoms with Gasteiger partial charge in [-0.15, -0.1) is 0 Å². The monoisotopic (exact) mass is 538 g/mol. The molecular formula is C30H31FN8O. The molecule has 0 unspecified atom stereocenters. The SMILES string of the molecule is Cc1ccc(C(=O)Nc2ccc(CN3CC[C@@H](N(C)C)C3)c(F)c2)cc1C#Cc1cnc(Nc2cn[nH]c2)nc1. The smallest absolute Gasteiger partial charge is 0.255 e. The quantitative estimate of drug-likeness (QED) is 0.304. The minimum Gasteiger partial charge on any atom is -0.322 e. The summed E-state index contributed by atoms with van der Waals surface area (Å²) >= 11 is 0. The molecule has 2 aromatic heterocycles. The molecule has 4 aromatic rings. The van der Waals surface area contributed by atoms with Gasteiger partial charge in [0, 0.05) is 66.6 Å². The highest BCUT2D eigenvalue weighted by atomic mass is 19.1. The van der Waals surface area contributed by atoms with Crippen molar-refractivity contribution in [2.75, 3.05) is 37.8 Å². The molecule has 40 heavy (non-hydrogen) atoms. The van der Waals surface area contributed by atoms with E-state index in [9.17, 15) is 9.18 Å². The third-order valence-electron chi connectivity index (χ3n) is 6.93. The van der Waals surface area contributed by atoms with Crippen LogP contribution in [-0.4, -0.2) is 69.1 Å². The van der Waals surface area contributed by atoms with Crippen LogP contribution in [-0.2, 0) is 6.54 Å². The van der Waals surface area contributed by atoms with Crippen molar-refractivity contribution in [1.82, 2.24) is 30.0 Å². The molecule has 204 valence electrons. The second-order valence-corrected chi connectivity index (χ2v) is 10.1. The van der Waals surface area contributed by atoms with Crippen LogP contribution >= 0.6 is 0 Å². The van der Waals surface area contributed by atoms with Gasteiger partial charge in [-0.25, -0.2) is 14.4 Å². The minimum absolute atomic E-state index is 0.324. The summed E-state index contributed by atoms with van der Waals surface area (Å²) in [5, 5.41) is 12.4. The van der Waals surface area contributed by atoms with Crippen LogP contribution in [0.1, 0.15) is 39.0 Å². The fraction of sp³-hybridized carbons (Fsp3) is 0.267. The predicted molar refractivity (Wildman–Crippen MR) is 153 cm³/mol. The van der Waals surface area contributed by atoms with Crippen molar-refractivity contribution in [3.8, 4) is 11.8 Å². The van der Waals surface area contributed by atoms with E-state index in [-0.39, 0.29) is 11.7 Å². The number of aromatic amines is 1. The Morgan fingerprint density at radius 2 is 1.95 bits per heavy atom. The highest BCUT2D eigenvalue weighted by Gasteiger charge is 2.24. The molecule has 1 saturated heterocycles. The Bertz CT molecular complexity index is 1540. The van der Waals surface area contributed by atoms with Gasteiger partial charge < -0.3 is 15.5 Å². The number of nitrogens with zero attached hydrogens (tertiary/aromatic N) is 5. The van der Waals surface area contributed by atoms with E-state index < -0.39 is 0 Å². The van der Waals surface area contributed by atoms with Crippen molar-refractivity contribution >= 4 is 23.2 Å². The lowest BCUT2D eigenvalue weighted by molar-refractivity contribution is 0.102. The van der Waals surface area contributed by atoms with Crippen molar-refractivity contribution in [2.24, 2.45) is 0 Å². The van der Waals surface area contributed by atoms with E-state index in [4.69, 9.17) is 0 Å². The Balaban J connectivity index is 1.22. The zero-order chi connectivity index (χ0) is 28.1. The standard InChI is InChI=1S/C30H31FN8O/c1-20-4-6-23(12-22(20)7-5-21-14-32-30(33-15-21)37-26-16-34-35-17-26)29(40)36-25-9-8-24(28(31)13-25)18-39-11-10-27(19-39)38(2)3/h4,6,8-9,12-17,27H,10-11,18-19H2,1-3H3,(H,34,35)(H,36,40)(H,32,33,37)/t27-/m1/s1. The maximum atomic E-state index is 14.9. The van der Waals surface area contributed by atoms with Crippen LogP contribution in [0.25, 0.3) is 0 Å². The predicted octanol–water partition coefficient (Wildman–Crippen LogP) is 4.18. The number of hydrogen-bond acceptors (Lipinski definition) is 7. The number of aryl methyl sites for hydroxylation is 1. The van der Waals surface area contributed by atoms with Crippen LogP contribution < -0.4 is 10.6 Å². The normalized spacial score (nSPS) is 15.1. The van der Waals surface area contributed by atoms with Crippen LogP contribution in [0.5, 0.6) is 0 Å². The lowest BCUT2D eigenvalue weighted by atomic mass is 10.0. The number of aromatic nitrogens is 4. The zero-order valence-corrected chi connectivity index (χ0v) is 22.7. The number of likely N-dealkylation sites (tertiary alicyclic amines) is 1. The summed E-state index contributed by atoms with van der Waals surface area (Å²) in [6.45, 7) is 4.35. The van der Waals surface area contributed by atoms with Crippen LogP contribution in [0.15, 0.2) is 61.2 Å². The van der Waals surface area contributed by atoms with Gasteiger partial charge in [0.2, 0.25) is 5.95 Å². The van der Waals surface area contributed by atoms with Crippen molar-refractivity contribution in [2.45, 2.75) is 25.9 Å². The highest BCUT2D eigenvalue weighted by molar-refractivity contribution is 6.04. The molecule has 0 bridgehead atoms. The lowest BCUT2D eigenvalue weighted by Gasteiger charge is -2.20. The third kappa shape index (κ3) is 6.69. The second-order valence-electron chi connectivity index (χ2n) is 10.1. The average Bonchev–Trinajstić information content (AvgIpc) is 3.63. The van der Waals surface area contributed by atoms with E-state index in [0.717, 1.165) is 30.8 Å². The van der Waals surface area contributed by atoms with Crippen molar-refractivity contribution in [3.05, 3.63) is 94.8 Å². The molecule has 1 aliphatic heterocycles. The molecule has 10 heteroatoms. The number of carbonyl (C=O) groups is 1. The summed E-state index contributed by atoms with van der Waals surface area (Å²) in [6.07, 6.45) is 7.65. The van der Waals surface area contributed by atoms with Crippen molar-refractivity contribution in [1.29, 1.82) is 0 Å². The first kappa shape index (κ1) is 27.0. The fourth-order valence-corrected chi connectivity index (χ4v) is 4.52. The summed E-state index contributed by atoms with van der Waals surface area (Å²) in [5.41, 5.74) is 4.49. The number of rotatable bonds is 7. The van der Waals surface area contributed by atoms with Gasteiger partial charge in [-0.1, -0.05) is 24.0 Å². The Labute approximate surface area is 232 Å². The first-order valence-corrected chi connectivity index (χ1v) is 13.0. The number of H-pyrrole nitrogens is 1. The number of benzene rings is 2. The molecule has 0 saturated carbocycles. The van der Waals surface area contributed by atoms with E-state index in [1.165, 1.54) is 6.07 Å². The number of anilines is 3. The summed E-state index contributed by atoms with van der Waals surface area (Å²) < 4.78 is 14.9. The maximum Gasteiger partial charge on any atom is 0.255 e. The average molecular weight is 539 g/mol. The molecule has 1 fully saturated rings. The molecule has 0 aliphatic carbocycles. The van der Waals surface area contributed by atoms with Crippen LogP contribution in [0, 0.1) is 24.6 Å². The van der Waals surface area contributed by atoms with E-state index in [2.05, 4.69) is 66.5 Å². The van der Waals surface area contributed by atoms with Gasteiger partial charge in [-0.2, -0.15) is 5.10 Å². The van der Waals surface area contributed by atoms with Gasteiger partial charge in [-0.05, 0) is 57.3 Å². The number of hydrogen-bond donors (Lipinski definition) is 3. The van der Waals surface area contributed by atoms with Gasteiger partial charge in [0.15, 0.2) is 0 Å².